The Kier molecular flexibility index (Phi) is 25.2. The van der Waals surface area contributed by atoms with Crippen LogP contribution < -0.4 is 11.1 Å². The maximum atomic E-state index is 14.0. The predicted octanol–water partition coefficient (Wildman–Crippen LogP) is 0.412. The molecular weight excluding hydrogens is 913 g/mol. The Labute approximate surface area is 411 Å². The molecule has 4 rings (SSSR count). The molecular formula is C51H80N2O17. The summed E-state index contributed by atoms with van der Waals surface area (Å²) in [6.07, 6.45) is 7.16. The summed E-state index contributed by atoms with van der Waals surface area (Å²) in [7, 11) is 0. The molecule has 0 aromatic rings. The van der Waals surface area contributed by atoms with E-state index in [9.17, 15) is 65.8 Å². The highest BCUT2D eigenvalue weighted by molar-refractivity contribution is 5.80. The van der Waals surface area contributed by atoms with E-state index < -0.39 is 147 Å². The Morgan fingerprint density at radius 3 is 1.91 bits per heavy atom. The predicted molar refractivity (Wildman–Crippen MR) is 257 cm³/mol. The number of carbonyl (C=O) groups excluding carboxylic acids is 2. The number of carbonyl (C=O) groups is 2. The molecule has 0 radical (unpaired) electrons. The Morgan fingerprint density at radius 1 is 0.657 bits per heavy atom. The summed E-state index contributed by atoms with van der Waals surface area (Å²) >= 11 is 0. The van der Waals surface area contributed by atoms with E-state index in [0.29, 0.717) is 12.8 Å². The van der Waals surface area contributed by atoms with Gasteiger partial charge in [-0.1, -0.05) is 105 Å². The molecule has 0 aromatic heterocycles. The van der Waals surface area contributed by atoms with Crippen molar-refractivity contribution in [2.75, 3.05) is 6.61 Å². The fourth-order valence-corrected chi connectivity index (χ4v) is 9.07. The average molecular weight is 993 g/mol. The second-order valence-electron chi connectivity index (χ2n) is 19.3. The van der Waals surface area contributed by atoms with Crippen LogP contribution in [-0.2, 0) is 28.5 Å². The quantitative estimate of drug-likeness (QED) is 0.170. The van der Waals surface area contributed by atoms with Crippen LogP contribution in [0.15, 0.2) is 85.1 Å². The summed E-state index contributed by atoms with van der Waals surface area (Å²) in [4.78, 5) is 26.6. The van der Waals surface area contributed by atoms with E-state index >= 15 is 0 Å². The van der Waals surface area contributed by atoms with Crippen molar-refractivity contribution in [1.82, 2.24) is 5.32 Å². The van der Waals surface area contributed by atoms with Gasteiger partial charge in [0.2, 0.25) is 5.91 Å². The van der Waals surface area contributed by atoms with Crippen LogP contribution in [0.5, 0.6) is 0 Å². The molecule has 19 atom stereocenters. The van der Waals surface area contributed by atoms with Crippen molar-refractivity contribution in [3.05, 3.63) is 85.1 Å². The average Bonchev–Trinajstić information content (AvgIpc) is 3.28. The molecule has 2 bridgehead atoms. The molecule has 70 heavy (non-hydrogen) atoms. The lowest BCUT2D eigenvalue weighted by Gasteiger charge is -2.46. The summed E-state index contributed by atoms with van der Waals surface area (Å²) in [6, 6.07) is -1.73. The van der Waals surface area contributed by atoms with E-state index in [1.54, 1.807) is 61.6 Å². The molecule has 19 heteroatoms. The maximum Gasteiger partial charge on any atom is 0.308 e. The highest BCUT2D eigenvalue weighted by Gasteiger charge is 2.51. The number of rotatable bonds is 4. The van der Waals surface area contributed by atoms with Gasteiger partial charge in [-0.05, 0) is 39.0 Å². The van der Waals surface area contributed by atoms with Crippen LogP contribution in [0.25, 0.3) is 0 Å². The normalized spacial score (nSPS) is 44.3. The van der Waals surface area contributed by atoms with Crippen molar-refractivity contribution in [3.63, 3.8) is 0 Å². The van der Waals surface area contributed by atoms with Gasteiger partial charge in [0, 0.05) is 38.0 Å². The second kappa shape index (κ2) is 29.9. The molecule has 2 saturated heterocycles. The van der Waals surface area contributed by atoms with Crippen molar-refractivity contribution in [2.24, 2.45) is 17.6 Å². The summed E-state index contributed by atoms with van der Waals surface area (Å²) < 4.78 is 23.4. The van der Waals surface area contributed by atoms with Crippen LogP contribution in [0.2, 0.25) is 0 Å². The van der Waals surface area contributed by atoms with Crippen molar-refractivity contribution in [2.45, 2.75) is 201 Å². The summed E-state index contributed by atoms with van der Waals surface area (Å²) in [6.45, 7) is 3.20. The lowest BCUT2D eigenvalue weighted by molar-refractivity contribution is -0.304. The fraction of sp³-hybridized carbons (Fsp3) is 0.686. The van der Waals surface area contributed by atoms with Gasteiger partial charge >= 0.3 is 5.97 Å². The number of hydrogen-bond donors (Lipinski definition) is 13. The number of aliphatic hydroxyl groups is 11. The number of aliphatic hydroxyl groups excluding tert-OH is 10. The third-order valence-corrected chi connectivity index (χ3v) is 13.1. The zero-order valence-corrected chi connectivity index (χ0v) is 40.3. The van der Waals surface area contributed by atoms with Gasteiger partial charge in [-0.3, -0.25) is 9.59 Å². The molecule has 6 unspecified atom stereocenters. The first kappa shape index (κ1) is 59.1. The lowest BCUT2D eigenvalue weighted by Crippen LogP contribution is -2.60. The Bertz CT molecular complexity index is 1790. The van der Waals surface area contributed by atoms with Crippen LogP contribution >= 0.6 is 0 Å². The first-order chi connectivity index (χ1) is 33.2. The minimum Gasteiger partial charge on any atom is -0.462 e. The molecule has 0 spiro atoms. The van der Waals surface area contributed by atoms with Crippen molar-refractivity contribution in [1.29, 1.82) is 0 Å². The topological polar surface area (TPSA) is 332 Å². The monoisotopic (exact) mass is 993 g/mol. The number of fused-ring (bicyclic) bond motifs is 2. The van der Waals surface area contributed by atoms with E-state index in [0.717, 1.165) is 12.8 Å². The maximum absolute atomic E-state index is 14.0. The van der Waals surface area contributed by atoms with Crippen molar-refractivity contribution >= 4 is 11.9 Å². The first-order valence-corrected chi connectivity index (χ1v) is 24.7. The smallest absolute Gasteiger partial charge is 0.308 e. The van der Waals surface area contributed by atoms with E-state index in [1.165, 1.54) is 0 Å². The number of ether oxygens (including phenoxy) is 4. The minimum atomic E-state index is -2.30. The highest BCUT2D eigenvalue weighted by Crippen LogP contribution is 2.38. The molecule has 3 aliphatic heterocycles. The Hall–Kier alpha value is -3.48. The van der Waals surface area contributed by atoms with Crippen molar-refractivity contribution < 1.29 is 84.7 Å². The largest absolute Gasteiger partial charge is 0.462 e. The van der Waals surface area contributed by atoms with Crippen LogP contribution in [0.4, 0.5) is 0 Å². The molecule has 0 aromatic carbocycles. The number of amides is 1. The van der Waals surface area contributed by atoms with Gasteiger partial charge in [0.15, 0.2) is 12.1 Å². The number of nitrogens with one attached hydrogen (secondary N) is 1. The molecule has 396 valence electrons. The van der Waals surface area contributed by atoms with Crippen LogP contribution in [0.3, 0.4) is 0 Å². The SMILES string of the molecule is C[C@H]1C[C@H](O)[C@@H](C)/C=C/C=C/C=C/C=C/C=C/C=C/C=C/C(O[C@@H]2OC[C@@H](O)[C@H](N)[C@@H]2O)C[C@@H]2OC(O)(C[C@@H](O)CC(O)C(O)CCC(O)C[C@@H](O)CC(=O)O1)C[C@H](O)[C@H]2C(=O)NC1CCCC[C@H]1O. The van der Waals surface area contributed by atoms with E-state index in [1.807, 2.05) is 37.3 Å². The molecule has 3 fully saturated rings. The fourth-order valence-electron chi connectivity index (χ4n) is 9.07. The van der Waals surface area contributed by atoms with Crippen LogP contribution in [0.1, 0.15) is 97.3 Å². The molecule has 1 aliphatic carbocycles. The third-order valence-electron chi connectivity index (χ3n) is 13.1. The number of nitrogens with two attached hydrogens (primary N) is 1. The van der Waals surface area contributed by atoms with E-state index in [-0.39, 0.29) is 44.6 Å². The van der Waals surface area contributed by atoms with E-state index in [4.69, 9.17) is 24.7 Å². The molecule has 3 heterocycles. The number of hydrogen-bond acceptors (Lipinski definition) is 18. The first-order valence-electron chi connectivity index (χ1n) is 24.7. The molecule has 1 amide bonds. The summed E-state index contributed by atoms with van der Waals surface area (Å²) in [5, 5.41) is 123. The number of esters is 1. The van der Waals surface area contributed by atoms with Gasteiger partial charge in [-0.15, -0.1) is 0 Å². The van der Waals surface area contributed by atoms with Gasteiger partial charge in [0.25, 0.3) is 0 Å². The zero-order chi connectivity index (χ0) is 51.4. The summed E-state index contributed by atoms with van der Waals surface area (Å²) in [5.41, 5.74) is 6.03. The molecule has 1 saturated carbocycles. The molecule has 19 nitrogen and oxygen atoms in total. The minimum absolute atomic E-state index is 0.0984. The van der Waals surface area contributed by atoms with Gasteiger partial charge < -0.3 is 86.2 Å². The van der Waals surface area contributed by atoms with Gasteiger partial charge in [0.1, 0.15) is 12.2 Å². The Balaban J connectivity index is 1.59. The van der Waals surface area contributed by atoms with Gasteiger partial charge in [-0.25, -0.2) is 0 Å². The van der Waals surface area contributed by atoms with Crippen LogP contribution in [0, 0.1) is 11.8 Å². The van der Waals surface area contributed by atoms with Crippen molar-refractivity contribution in [3.8, 4) is 0 Å². The number of cyclic esters (lactones) is 1. The number of allylic oxidation sites excluding steroid dienone is 12. The van der Waals surface area contributed by atoms with E-state index in [2.05, 4.69) is 5.32 Å². The molecule has 4 aliphatic rings. The van der Waals surface area contributed by atoms with Gasteiger partial charge in [-0.2, -0.15) is 0 Å². The zero-order valence-electron chi connectivity index (χ0n) is 40.3. The second-order valence-corrected chi connectivity index (χ2v) is 19.3. The Morgan fingerprint density at radius 2 is 1.27 bits per heavy atom. The third kappa shape index (κ3) is 20.2. The highest BCUT2D eigenvalue weighted by atomic mass is 16.7. The molecule has 14 N–H and O–H groups in total. The van der Waals surface area contributed by atoms with Gasteiger partial charge in [0.05, 0.1) is 98.2 Å². The van der Waals surface area contributed by atoms with Crippen LogP contribution in [-0.4, -0.2) is 178 Å². The standard InChI is InChI=1S/C51H80N2O17/c1-31-17-13-11-9-7-5-3-4-6-8-10-12-14-18-36(69-50-48(64)47(52)43(62)30-67-50)27-44-46(49(65)53-37-19-15-16-20-38(37)57)42(61)29-51(66,70-44)28-35(56)25-41(60)39(58)22-21-33(54)24-34(55)26-45(63)68-32(2)23-40(31)59/h3-14,17-18,31-44,46-48,50,54-62,64,66H,15-16,19-30,52H2,1-2H3,(H,53,65)/b4-3+,7-5+,8-6+,11-9+,12-10+,17-13+,18-14+/t31-,32-,33?,34+,35-,36?,37?,38+,39?,40-,41?,42-,43+,44-,46+,47-,48-,50-,51?/m0/s1. The summed E-state index contributed by atoms with van der Waals surface area (Å²) in [5.74, 6) is -5.28. The lowest BCUT2D eigenvalue weighted by atomic mass is 9.81.